The average molecular weight is 403 g/mol. The lowest BCUT2D eigenvalue weighted by atomic mass is 9.81. The molecule has 8 heteroatoms. The highest BCUT2D eigenvalue weighted by molar-refractivity contribution is 6.23. The molecule has 2 heterocycles. The van der Waals surface area contributed by atoms with E-state index in [0.29, 0.717) is 33.9 Å². The van der Waals surface area contributed by atoms with Gasteiger partial charge < -0.3 is 14.8 Å². The second-order valence-corrected chi connectivity index (χ2v) is 7.03. The molecule has 1 atom stereocenters. The third-order valence-electron chi connectivity index (χ3n) is 5.51. The van der Waals surface area contributed by atoms with Crippen LogP contribution in [0.1, 0.15) is 33.0 Å². The van der Waals surface area contributed by atoms with Gasteiger partial charge in [0.25, 0.3) is 5.56 Å². The Bertz CT molecular complexity index is 1370. The molecule has 0 amide bonds. The number of fused-ring (bicyclic) bond motifs is 3. The van der Waals surface area contributed by atoms with Gasteiger partial charge in [0.1, 0.15) is 17.3 Å². The van der Waals surface area contributed by atoms with Crippen molar-refractivity contribution in [3.63, 3.8) is 0 Å². The van der Waals surface area contributed by atoms with E-state index in [0.717, 1.165) is 5.56 Å². The summed E-state index contributed by atoms with van der Waals surface area (Å²) < 4.78 is 10.9. The van der Waals surface area contributed by atoms with Crippen LogP contribution in [0.5, 0.6) is 11.5 Å². The van der Waals surface area contributed by atoms with Crippen LogP contribution >= 0.6 is 0 Å². The first-order valence-corrected chi connectivity index (χ1v) is 9.27. The van der Waals surface area contributed by atoms with E-state index in [1.807, 2.05) is 12.1 Å². The van der Waals surface area contributed by atoms with Crippen LogP contribution in [-0.4, -0.2) is 30.0 Å². The monoisotopic (exact) mass is 403 g/mol. The van der Waals surface area contributed by atoms with Gasteiger partial charge in [-0.05, 0) is 18.2 Å². The number of H-pyrrole nitrogens is 2. The van der Waals surface area contributed by atoms with Crippen LogP contribution in [-0.2, 0) is 0 Å². The number of anilines is 1. The zero-order valence-electron chi connectivity index (χ0n) is 16.2. The molecule has 5 rings (SSSR count). The van der Waals surface area contributed by atoms with E-state index in [4.69, 9.17) is 9.47 Å². The molecule has 3 aromatic rings. The lowest BCUT2D eigenvalue weighted by molar-refractivity contribution is 0.103. The summed E-state index contributed by atoms with van der Waals surface area (Å²) in [5.74, 6) is 0.356. The maximum Gasteiger partial charge on any atom is 0.327 e. The van der Waals surface area contributed by atoms with Crippen LogP contribution < -0.4 is 26.0 Å². The fourth-order valence-corrected chi connectivity index (χ4v) is 4.23. The number of hydrogen-bond donors (Lipinski definition) is 3. The van der Waals surface area contributed by atoms with Crippen molar-refractivity contribution in [3.8, 4) is 11.5 Å². The number of allylic oxidation sites excluding steroid dienone is 1. The van der Waals surface area contributed by atoms with E-state index in [1.54, 1.807) is 30.3 Å². The topological polar surface area (TPSA) is 113 Å². The van der Waals surface area contributed by atoms with Crippen LogP contribution in [0.25, 0.3) is 5.70 Å². The van der Waals surface area contributed by atoms with Crippen molar-refractivity contribution in [1.29, 1.82) is 0 Å². The zero-order chi connectivity index (χ0) is 21.0. The molecule has 0 fully saturated rings. The van der Waals surface area contributed by atoms with Gasteiger partial charge in [-0.2, -0.15) is 0 Å². The Labute approximate surface area is 170 Å². The molecule has 3 N–H and O–H groups in total. The number of Topliss-reactive ketones (excluding diaryl/α,β-unsaturated/α-hetero) is 1. The maximum atomic E-state index is 13.4. The molecule has 150 valence electrons. The second kappa shape index (κ2) is 6.48. The van der Waals surface area contributed by atoms with Crippen molar-refractivity contribution in [1.82, 2.24) is 9.97 Å². The van der Waals surface area contributed by atoms with Crippen molar-refractivity contribution in [2.75, 3.05) is 19.5 Å². The summed E-state index contributed by atoms with van der Waals surface area (Å²) in [6, 6.07) is 12.4. The van der Waals surface area contributed by atoms with Crippen LogP contribution in [0.15, 0.2) is 57.6 Å². The number of aromatic amines is 2. The normalized spacial score (nSPS) is 16.5. The summed E-state index contributed by atoms with van der Waals surface area (Å²) in [6.07, 6.45) is 0. The van der Waals surface area contributed by atoms with Crippen molar-refractivity contribution < 1.29 is 14.3 Å². The standard InChI is InChI=1S/C22H17N3O5/c1-29-10-7-8-14(30-2)13(9-10)15-16-18(11-5-3-4-6-12(11)19(16)26)23-20-17(15)21(27)25-22(28)24-20/h3-9,15H,1-2H3,(H3,23,24,25,27,28)/t15-/m1/s1. The highest BCUT2D eigenvalue weighted by Crippen LogP contribution is 2.49. The summed E-state index contributed by atoms with van der Waals surface area (Å²) in [6.45, 7) is 0. The Kier molecular flexibility index (Phi) is 3.89. The lowest BCUT2D eigenvalue weighted by Crippen LogP contribution is -2.33. The number of aromatic nitrogens is 2. The Morgan fingerprint density at radius 2 is 1.67 bits per heavy atom. The molecule has 0 saturated carbocycles. The minimum Gasteiger partial charge on any atom is -0.497 e. The molecule has 0 unspecified atom stereocenters. The minimum atomic E-state index is -0.762. The maximum absolute atomic E-state index is 13.4. The smallest absolute Gasteiger partial charge is 0.327 e. The highest BCUT2D eigenvalue weighted by Gasteiger charge is 2.42. The number of carbonyl (C=O) groups is 1. The minimum absolute atomic E-state index is 0.181. The molecule has 0 spiro atoms. The number of nitrogens with one attached hydrogen (secondary N) is 3. The summed E-state index contributed by atoms with van der Waals surface area (Å²) in [4.78, 5) is 43.1. The molecule has 0 radical (unpaired) electrons. The Morgan fingerprint density at radius 3 is 2.40 bits per heavy atom. The van der Waals surface area contributed by atoms with Gasteiger partial charge in [0.05, 0.1) is 31.4 Å². The zero-order valence-corrected chi connectivity index (χ0v) is 16.2. The highest BCUT2D eigenvalue weighted by atomic mass is 16.5. The van der Waals surface area contributed by atoms with Crippen molar-refractivity contribution in [3.05, 3.63) is 91.1 Å². The van der Waals surface area contributed by atoms with Crippen molar-refractivity contribution in [2.24, 2.45) is 0 Å². The van der Waals surface area contributed by atoms with E-state index in [-0.39, 0.29) is 17.2 Å². The molecular formula is C22H17N3O5. The first kappa shape index (κ1) is 18.0. The summed E-state index contributed by atoms with van der Waals surface area (Å²) >= 11 is 0. The molecule has 1 aliphatic carbocycles. The van der Waals surface area contributed by atoms with Gasteiger partial charge in [-0.25, -0.2) is 4.79 Å². The second-order valence-electron chi connectivity index (χ2n) is 7.03. The first-order valence-electron chi connectivity index (χ1n) is 9.27. The third-order valence-corrected chi connectivity index (χ3v) is 5.51. The number of rotatable bonds is 3. The van der Waals surface area contributed by atoms with Gasteiger partial charge in [-0.15, -0.1) is 0 Å². The van der Waals surface area contributed by atoms with E-state index in [2.05, 4.69) is 15.3 Å². The summed E-state index contributed by atoms with van der Waals surface area (Å²) in [5.41, 5.74) is 1.86. The number of methoxy groups -OCH3 is 2. The number of carbonyl (C=O) groups excluding carboxylic acids is 1. The number of ether oxygens (including phenoxy) is 2. The molecule has 30 heavy (non-hydrogen) atoms. The molecule has 2 aliphatic rings. The SMILES string of the molecule is COc1ccc(OC)c([C@@H]2C3=C(Nc4[nH]c(=O)[nH]c(=O)c42)c2ccccc2C3=O)c1. The number of ketones is 1. The quantitative estimate of drug-likeness (QED) is 0.618. The van der Waals surface area contributed by atoms with Gasteiger partial charge in [0.2, 0.25) is 0 Å². The molecule has 8 nitrogen and oxygen atoms in total. The Balaban J connectivity index is 1.87. The van der Waals surface area contributed by atoms with Gasteiger partial charge in [0, 0.05) is 22.3 Å². The van der Waals surface area contributed by atoms with Crippen LogP contribution in [0.4, 0.5) is 5.82 Å². The number of benzene rings is 2. The van der Waals surface area contributed by atoms with E-state index in [9.17, 15) is 14.4 Å². The van der Waals surface area contributed by atoms with Crippen LogP contribution in [0.3, 0.4) is 0 Å². The van der Waals surface area contributed by atoms with Crippen LogP contribution in [0.2, 0.25) is 0 Å². The first-order chi connectivity index (χ1) is 14.5. The lowest BCUT2D eigenvalue weighted by Gasteiger charge is -2.28. The predicted octanol–water partition coefficient (Wildman–Crippen LogP) is 2.25. The number of hydrogen-bond acceptors (Lipinski definition) is 6. The molecular weight excluding hydrogens is 386 g/mol. The fourth-order valence-electron chi connectivity index (χ4n) is 4.23. The molecule has 2 aromatic carbocycles. The van der Waals surface area contributed by atoms with E-state index < -0.39 is 17.2 Å². The Hall–Kier alpha value is -4.07. The average Bonchev–Trinajstić information content (AvgIpc) is 3.04. The van der Waals surface area contributed by atoms with Crippen molar-refractivity contribution >= 4 is 17.3 Å². The van der Waals surface area contributed by atoms with Gasteiger partial charge >= 0.3 is 5.69 Å². The van der Waals surface area contributed by atoms with E-state index in [1.165, 1.54) is 14.2 Å². The summed E-state index contributed by atoms with van der Waals surface area (Å²) in [5, 5.41) is 3.10. The van der Waals surface area contributed by atoms with Crippen molar-refractivity contribution in [2.45, 2.75) is 5.92 Å². The molecule has 0 saturated heterocycles. The van der Waals surface area contributed by atoms with Crippen LogP contribution in [0, 0.1) is 0 Å². The van der Waals surface area contributed by atoms with E-state index >= 15 is 0 Å². The predicted molar refractivity (Wildman–Crippen MR) is 110 cm³/mol. The molecule has 0 bridgehead atoms. The third kappa shape index (κ3) is 2.43. The van der Waals surface area contributed by atoms with Gasteiger partial charge in [0.15, 0.2) is 5.78 Å². The Morgan fingerprint density at radius 1 is 0.900 bits per heavy atom. The molecule has 1 aromatic heterocycles. The molecule has 1 aliphatic heterocycles. The largest absolute Gasteiger partial charge is 0.497 e. The summed E-state index contributed by atoms with van der Waals surface area (Å²) in [7, 11) is 3.05. The fraction of sp³-hybridized carbons (Fsp3) is 0.136. The van der Waals surface area contributed by atoms with Gasteiger partial charge in [-0.1, -0.05) is 24.3 Å². The van der Waals surface area contributed by atoms with Gasteiger partial charge in [-0.3, -0.25) is 19.6 Å².